The Morgan fingerprint density at radius 1 is 0.577 bits per heavy atom. The quantitative estimate of drug-likeness (QED) is 0.214. The SMILES string of the molecule is Cc1cc(C)c(N2CC(C)(C)N(c3c(C)cc(C)cc3C)C2/C(=C/c2ccccc2)[P+](C2CCCCC2)(C2CCCCC2)C2CCCCC2)c(C)c1. The summed E-state index contributed by atoms with van der Waals surface area (Å²) in [4.78, 5) is 5.98. The van der Waals surface area contributed by atoms with Gasteiger partial charge in [-0.2, -0.15) is 0 Å². The lowest BCUT2D eigenvalue weighted by Gasteiger charge is -2.53. The van der Waals surface area contributed by atoms with E-state index in [9.17, 15) is 0 Å². The van der Waals surface area contributed by atoms with Gasteiger partial charge in [0.15, 0.2) is 6.17 Å². The first-order valence-electron chi connectivity index (χ1n) is 21.4. The Hall–Kier alpha value is -2.57. The first-order chi connectivity index (χ1) is 25.0. The van der Waals surface area contributed by atoms with Gasteiger partial charge in [0.2, 0.25) is 0 Å². The fraction of sp³-hybridized carbons (Fsp3) is 0.592. The summed E-state index contributed by atoms with van der Waals surface area (Å²) in [6.45, 7) is 20.3. The third kappa shape index (κ3) is 7.05. The van der Waals surface area contributed by atoms with Crippen molar-refractivity contribution in [2.45, 2.75) is 180 Å². The summed E-state index contributed by atoms with van der Waals surface area (Å²) in [7, 11) is -1.72. The van der Waals surface area contributed by atoms with Crippen molar-refractivity contribution in [1.82, 2.24) is 0 Å². The standard InChI is InChI=1S/C49H70N2P/c1-35-29-37(3)46(38(4)30-35)50-34-49(7,8)51(47-39(5)31-36(2)32-40(47)6)48(50)45(33-41-21-13-9-14-22-41)52(42-23-15-10-16-24-42,43-25-17-11-18-26-43)44-27-19-12-20-28-44/h9,13-14,21-22,29-33,42-44,48H,10-12,15-20,23-28,34H2,1-8H3/q+1/b45-33-. The molecule has 3 saturated carbocycles. The molecule has 3 aliphatic carbocycles. The van der Waals surface area contributed by atoms with E-state index in [1.807, 2.05) is 5.31 Å². The van der Waals surface area contributed by atoms with E-state index in [1.165, 1.54) is 147 Å². The van der Waals surface area contributed by atoms with E-state index in [4.69, 9.17) is 0 Å². The lowest BCUT2D eigenvalue weighted by Crippen LogP contribution is -2.50. The predicted molar refractivity (Wildman–Crippen MR) is 231 cm³/mol. The maximum Gasteiger partial charge on any atom is 0.162 e. The average Bonchev–Trinajstić information content (AvgIpc) is 3.38. The minimum absolute atomic E-state index is 0.0592. The predicted octanol–water partition coefficient (Wildman–Crippen LogP) is 14.0. The molecule has 7 rings (SSSR count). The van der Waals surface area contributed by atoms with Crippen LogP contribution in [-0.2, 0) is 0 Å². The minimum atomic E-state index is -1.72. The molecule has 3 aromatic rings. The molecule has 0 amide bonds. The normalized spacial score (nSPS) is 22.7. The van der Waals surface area contributed by atoms with E-state index < -0.39 is 7.26 Å². The van der Waals surface area contributed by atoms with Crippen LogP contribution in [0.25, 0.3) is 6.08 Å². The van der Waals surface area contributed by atoms with Crippen LogP contribution in [0.15, 0.2) is 59.9 Å². The van der Waals surface area contributed by atoms with Crippen molar-refractivity contribution in [3.63, 3.8) is 0 Å². The number of aryl methyl sites for hydroxylation is 6. The first kappa shape index (κ1) is 37.7. The van der Waals surface area contributed by atoms with Crippen molar-refractivity contribution in [3.8, 4) is 0 Å². The summed E-state index contributed by atoms with van der Waals surface area (Å²) in [5, 5.41) is 1.88. The molecular formula is C49H70N2P+. The van der Waals surface area contributed by atoms with Crippen molar-refractivity contribution in [3.05, 3.63) is 98.9 Å². The van der Waals surface area contributed by atoms with Gasteiger partial charge in [-0.25, -0.2) is 0 Å². The number of hydrogen-bond acceptors (Lipinski definition) is 2. The molecule has 0 spiro atoms. The first-order valence-corrected chi connectivity index (χ1v) is 23.4. The van der Waals surface area contributed by atoms with Crippen LogP contribution in [-0.4, -0.2) is 35.2 Å². The molecular weight excluding hydrogens is 648 g/mol. The lowest BCUT2D eigenvalue weighted by atomic mass is 9.98. The Morgan fingerprint density at radius 3 is 1.40 bits per heavy atom. The largest absolute Gasteiger partial charge is 0.342 e. The molecule has 0 N–H and O–H groups in total. The van der Waals surface area contributed by atoms with Gasteiger partial charge in [-0.05, 0) is 166 Å². The van der Waals surface area contributed by atoms with Crippen molar-refractivity contribution < 1.29 is 0 Å². The Kier molecular flexibility index (Phi) is 11.4. The highest BCUT2D eigenvalue weighted by molar-refractivity contribution is 7.82. The van der Waals surface area contributed by atoms with Gasteiger partial charge in [-0.1, -0.05) is 85.0 Å². The molecule has 4 fully saturated rings. The second kappa shape index (κ2) is 15.7. The van der Waals surface area contributed by atoms with Crippen molar-refractivity contribution in [2.24, 2.45) is 0 Å². The van der Waals surface area contributed by atoms with Crippen LogP contribution in [0.2, 0.25) is 0 Å². The smallest absolute Gasteiger partial charge is 0.162 e. The zero-order valence-corrected chi connectivity index (χ0v) is 35.1. The van der Waals surface area contributed by atoms with Crippen LogP contribution < -0.4 is 9.80 Å². The molecule has 3 aromatic carbocycles. The monoisotopic (exact) mass is 718 g/mol. The second-order valence-corrected chi connectivity index (χ2v) is 22.7. The third-order valence-corrected chi connectivity index (χ3v) is 20.3. The summed E-state index contributed by atoms with van der Waals surface area (Å²) >= 11 is 0. The zero-order valence-electron chi connectivity index (χ0n) is 34.2. The van der Waals surface area contributed by atoms with E-state index >= 15 is 0 Å². The van der Waals surface area contributed by atoms with E-state index in [-0.39, 0.29) is 11.7 Å². The molecule has 1 unspecified atom stereocenters. The molecule has 52 heavy (non-hydrogen) atoms. The van der Waals surface area contributed by atoms with Gasteiger partial charge < -0.3 is 9.80 Å². The summed E-state index contributed by atoms with van der Waals surface area (Å²) in [6, 6.07) is 21.5. The van der Waals surface area contributed by atoms with Gasteiger partial charge in [0, 0.05) is 17.9 Å². The topological polar surface area (TPSA) is 6.48 Å². The molecule has 1 heterocycles. The number of benzene rings is 3. The van der Waals surface area contributed by atoms with Crippen molar-refractivity contribution in [1.29, 1.82) is 0 Å². The van der Waals surface area contributed by atoms with E-state index in [0.29, 0.717) is 0 Å². The van der Waals surface area contributed by atoms with E-state index in [0.717, 1.165) is 23.5 Å². The summed E-state index contributed by atoms with van der Waals surface area (Å²) in [6.07, 6.45) is 24.6. The highest BCUT2D eigenvalue weighted by atomic mass is 31.2. The summed E-state index contributed by atoms with van der Waals surface area (Å²) in [5.74, 6) is 0. The molecule has 1 atom stereocenters. The van der Waals surface area contributed by atoms with Gasteiger partial charge in [-0.3, -0.25) is 0 Å². The van der Waals surface area contributed by atoms with Crippen LogP contribution >= 0.6 is 7.26 Å². The summed E-state index contributed by atoms with van der Waals surface area (Å²) < 4.78 is 0. The molecule has 0 aromatic heterocycles. The van der Waals surface area contributed by atoms with Crippen molar-refractivity contribution >= 4 is 24.7 Å². The van der Waals surface area contributed by atoms with Crippen LogP contribution in [0.1, 0.15) is 149 Å². The molecule has 4 aliphatic rings. The minimum Gasteiger partial charge on any atom is -0.342 e. The van der Waals surface area contributed by atoms with Gasteiger partial charge in [0.1, 0.15) is 5.31 Å². The molecule has 2 nitrogen and oxygen atoms in total. The maximum absolute atomic E-state index is 3.01. The van der Waals surface area contributed by atoms with Crippen LogP contribution in [0.4, 0.5) is 11.4 Å². The number of hydrogen-bond donors (Lipinski definition) is 0. The zero-order chi connectivity index (χ0) is 36.6. The average molecular weight is 718 g/mol. The van der Waals surface area contributed by atoms with Crippen molar-refractivity contribution in [2.75, 3.05) is 16.3 Å². The molecule has 1 aliphatic heterocycles. The number of nitrogens with zero attached hydrogens (tertiary/aromatic N) is 2. The lowest BCUT2D eigenvalue weighted by molar-refractivity contribution is 0.451. The Balaban J connectivity index is 1.60. The van der Waals surface area contributed by atoms with Gasteiger partial charge >= 0.3 is 0 Å². The Bertz CT molecular complexity index is 1630. The summed E-state index contributed by atoms with van der Waals surface area (Å²) in [5.41, 5.74) is 15.4. The number of rotatable bonds is 8. The van der Waals surface area contributed by atoms with E-state index in [1.54, 1.807) is 0 Å². The Labute approximate surface area is 319 Å². The molecule has 280 valence electrons. The second-order valence-electron chi connectivity index (χ2n) is 18.4. The molecule has 0 bridgehead atoms. The molecule has 3 heteroatoms. The Morgan fingerprint density at radius 2 is 0.981 bits per heavy atom. The van der Waals surface area contributed by atoms with Gasteiger partial charge in [0.05, 0.1) is 29.8 Å². The van der Waals surface area contributed by atoms with E-state index in [2.05, 4.69) is 126 Å². The highest BCUT2D eigenvalue weighted by Gasteiger charge is 2.65. The van der Waals surface area contributed by atoms with Crippen LogP contribution in [0.5, 0.6) is 0 Å². The highest BCUT2D eigenvalue weighted by Crippen LogP contribution is 2.83. The maximum atomic E-state index is 3.01. The van der Waals surface area contributed by atoms with Crippen LogP contribution in [0.3, 0.4) is 0 Å². The fourth-order valence-electron chi connectivity index (χ4n) is 12.3. The van der Waals surface area contributed by atoms with Gasteiger partial charge in [0.25, 0.3) is 0 Å². The van der Waals surface area contributed by atoms with Crippen LogP contribution in [0, 0.1) is 41.5 Å². The van der Waals surface area contributed by atoms with Gasteiger partial charge in [-0.15, -0.1) is 0 Å². The molecule has 1 saturated heterocycles. The third-order valence-electron chi connectivity index (χ3n) is 13.9. The number of anilines is 2. The molecule has 0 radical (unpaired) electrons. The fourth-order valence-corrected chi connectivity index (χ4v) is 20.0.